The number of aliphatic hydroxyl groups is 1. The molecular weight excluding hydrogens is 166 g/mol. The van der Waals surface area contributed by atoms with E-state index >= 15 is 0 Å². The molecule has 1 aromatic rings. The van der Waals surface area contributed by atoms with Gasteiger partial charge in [-0.1, -0.05) is 0 Å². The summed E-state index contributed by atoms with van der Waals surface area (Å²) in [7, 11) is 1.96. The van der Waals surface area contributed by atoms with E-state index in [4.69, 9.17) is 5.11 Å². The third kappa shape index (κ3) is 2.54. The molecule has 0 bridgehead atoms. The Hall–Kier alpha value is -0.870. The first kappa shape index (κ1) is 10.2. The summed E-state index contributed by atoms with van der Waals surface area (Å²) in [6.45, 7) is 4.13. The molecule has 74 valence electrons. The van der Waals surface area contributed by atoms with Crippen molar-refractivity contribution in [3.05, 3.63) is 18.2 Å². The van der Waals surface area contributed by atoms with Crippen molar-refractivity contribution in [2.24, 2.45) is 7.05 Å². The molecular formula is C9H17N3O. The highest BCUT2D eigenvalue weighted by Gasteiger charge is 2.11. The van der Waals surface area contributed by atoms with Gasteiger partial charge in [0.05, 0.1) is 12.6 Å². The second-order valence-electron chi connectivity index (χ2n) is 3.37. The van der Waals surface area contributed by atoms with Crippen molar-refractivity contribution in [3.8, 4) is 0 Å². The topological polar surface area (TPSA) is 50.1 Å². The van der Waals surface area contributed by atoms with Gasteiger partial charge in [0.2, 0.25) is 0 Å². The van der Waals surface area contributed by atoms with Gasteiger partial charge in [-0.05, 0) is 13.8 Å². The molecule has 1 aromatic heterocycles. The van der Waals surface area contributed by atoms with E-state index in [2.05, 4.69) is 10.3 Å². The van der Waals surface area contributed by atoms with Crippen LogP contribution in [0.25, 0.3) is 0 Å². The van der Waals surface area contributed by atoms with Gasteiger partial charge in [0, 0.05) is 25.5 Å². The van der Waals surface area contributed by atoms with Gasteiger partial charge in [-0.25, -0.2) is 4.98 Å². The second kappa shape index (κ2) is 4.39. The first-order chi connectivity index (χ1) is 6.15. The lowest BCUT2D eigenvalue weighted by molar-refractivity contribution is 0.241. The van der Waals surface area contributed by atoms with Gasteiger partial charge in [0.15, 0.2) is 0 Å². The first-order valence-electron chi connectivity index (χ1n) is 4.49. The third-order valence-electron chi connectivity index (χ3n) is 2.05. The zero-order valence-electron chi connectivity index (χ0n) is 8.36. The number of rotatable bonds is 4. The summed E-state index contributed by atoms with van der Waals surface area (Å²) in [4.78, 5) is 4.22. The van der Waals surface area contributed by atoms with Crippen LogP contribution in [0.2, 0.25) is 0 Å². The maximum Gasteiger partial charge on any atom is 0.125 e. The number of nitrogens with zero attached hydrogens (tertiary/aromatic N) is 2. The summed E-state index contributed by atoms with van der Waals surface area (Å²) >= 11 is 0. The molecule has 0 saturated carbocycles. The fourth-order valence-electron chi connectivity index (χ4n) is 1.35. The molecule has 0 aliphatic carbocycles. The van der Waals surface area contributed by atoms with Crippen molar-refractivity contribution >= 4 is 0 Å². The maximum absolute atomic E-state index is 8.86. The van der Waals surface area contributed by atoms with Crippen LogP contribution in [0.15, 0.2) is 12.4 Å². The van der Waals surface area contributed by atoms with Crippen molar-refractivity contribution in [3.63, 3.8) is 0 Å². The van der Waals surface area contributed by atoms with Crippen molar-refractivity contribution in [1.82, 2.24) is 14.9 Å². The SMILES string of the molecule is CC(N[C@H](C)CO)c1nccn1C. The molecule has 1 unspecified atom stereocenters. The van der Waals surface area contributed by atoms with Gasteiger partial charge >= 0.3 is 0 Å². The Morgan fingerprint density at radius 1 is 1.62 bits per heavy atom. The molecule has 0 saturated heterocycles. The smallest absolute Gasteiger partial charge is 0.125 e. The van der Waals surface area contributed by atoms with Gasteiger partial charge in [-0.3, -0.25) is 0 Å². The molecule has 2 atom stereocenters. The average molecular weight is 183 g/mol. The molecule has 0 amide bonds. The zero-order valence-corrected chi connectivity index (χ0v) is 8.36. The number of hydrogen-bond donors (Lipinski definition) is 2. The number of nitrogens with one attached hydrogen (secondary N) is 1. The fourth-order valence-corrected chi connectivity index (χ4v) is 1.35. The molecule has 2 N–H and O–H groups in total. The average Bonchev–Trinajstić information content (AvgIpc) is 2.51. The molecule has 1 rings (SSSR count). The highest BCUT2D eigenvalue weighted by Crippen LogP contribution is 2.08. The van der Waals surface area contributed by atoms with E-state index in [0.29, 0.717) is 0 Å². The molecule has 1 heterocycles. The van der Waals surface area contributed by atoms with Crippen LogP contribution in [0, 0.1) is 0 Å². The number of aliphatic hydroxyl groups excluding tert-OH is 1. The maximum atomic E-state index is 8.86. The second-order valence-corrected chi connectivity index (χ2v) is 3.37. The summed E-state index contributed by atoms with van der Waals surface area (Å²) in [6.07, 6.45) is 3.69. The highest BCUT2D eigenvalue weighted by atomic mass is 16.3. The van der Waals surface area contributed by atoms with Crippen molar-refractivity contribution < 1.29 is 5.11 Å². The predicted molar refractivity (Wildman–Crippen MR) is 51.3 cm³/mol. The van der Waals surface area contributed by atoms with Crippen LogP contribution in [0.1, 0.15) is 25.7 Å². The Morgan fingerprint density at radius 2 is 2.31 bits per heavy atom. The van der Waals surface area contributed by atoms with E-state index in [9.17, 15) is 0 Å². The van der Waals surface area contributed by atoms with Crippen LogP contribution < -0.4 is 5.32 Å². The van der Waals surface area contributed by atoms with E-state index in [1.807, 2.05) is 31.7 Å². The monoisotopic (exact) mass is 183 g/mol. The molecule has 4 heteroatoms. The number of aromatic nitrogens is 2. The van der Waals surface area contributed by atoms with Crippen LogP contribution in [0.5, 0.6) is 0 Å². The minimum Gasteiger partial charge on any atom is -0.395 e. The van der Waals surface area contributed by atoms with Crippen LogP contribution >= 0.6 is 0 Å². The van der Waals surface area contributed by atoms with Gasteiger partial charge in [-0.2, -0.15) is 0 Å². The number of aryl methyl sites for hydroxylation is 1. The minimum absolute atomic E-state index is 0.103. The van der Waals surface area contributed by atoms with Gasteiger partial charge in [0.25, 0.3) is 0 Å². The molecule has 0 aliphatic rings. The van der Waals surface area contributed by atoms with Crippen LogP contribution in [-0.2, 0) is 7.05 Å². The quantitative estimate of drug-likeness (QED) is 0.712. The van der Waals surface area contributed by atoms with E-state index in [0.717, 1.165) is 5.82 Å². The minimum atomic E-state index is 0.103. The third-order valence-corrected chi connectivity index (χ3v) is 2.05. The summed E-state index contributed by atoms with van der Waals surface area (Å²) in [5.74, 6) is 0.986. The standard InChI is InChI=1S/C9H17N3O/c1-7(6-13)11-8(2)9-10-4-5-12(9)3/h4-5,7-8,11,13H,6H2,1-3H3/t7-,8?/m1/s1. The largest absolute Gasteiger partial charge is 0.395 e. The Bertz CT molecular complexity index is 259. The van der Waals surface area contributed by atoms with Gasteiger partial charge < -0.3 is 15.0 Å². The Morgan fingerprint density at radius 3 is 2.77 bits per heavy atom. The van der Waals surface area contributed by atoms with Crippen molar-refractivity contribution in [2.45, 2.75) is 25.9 Å². The summed E-state index contributed by atoms with van der Waals surface area (Å²) in [5, 5.41) is 12.1. The molecule has 0 fully saturated rings. The lowest BCUT2D eigenvalue weighted by atomic mass is 10.2. The first-order valence-corrected chi connectivity index (χ1v) is 4.49. The molecule has 0 spiro atoms. The lowest BCUT2D eigenvalue weighted by Gasteiger charge is -2.17. The summed E-state index contributed by atoms with van der Waals surface area (Å²) in [5.41, 5.74) is 0. The van der Waals surface area contributed by atoms with E-state index in [1.54, 1.807) is 6.20 Å². The predicted octanol–water partition coefficient (Wildman–Crippen LogP) is 0.451. The van der Waals surface area contributed by atoms with E-state index < -0.39 is 0 Å². The Labute approximate surface area is 78.6 Å². The molecule has 0 aliphatic heterocycles. The van der Waals surface area contributed by atoms with Crippen LogP contribution in [0.3, 0.4) is 0 Å². The van der Waals surface area contributed by atoms with E-state index in [-0.39, 0.29) is 18.7 Å². The van der Waals surface area contributed by atoms with Gasteiger partial charge in [-0.15, -0.1) is 0 Å². The molecule has 0 aromatic carbocycles. The zero-order chi connectivity index (χ0) is 9.84. The van der Waals surface area contributed by atoms with Crippen molar-refractivity contribution in [1.29, 1.82) is 0 Å². The number of hydrogen-bond acceptors (Lipinski definition) is 3. The summed E-state index contributed by atoms with van der Waals surface area (Å²) in [6, 6.07) is 0.272. The van der Waals surface area contributed by atoms with E-state index in [1.165, 1.54) is 0 Å². The van der Waals surface area contributed by atoms with Crippen LogP contribution in [0.4, 0.5) is 0 Å². The summed E-state index contributed by atoms with van der Waals surface area (Å²) < 4.78 is 1.97. The Kier molecular flexibility index (Phi) is 3.45. The number of imidazole rings is 1. The normalized spacial score (nSPS) is 15.7. The Balaban J connectivity index is 2.58. The highest BCUT2D eigenvalue weighted by molar-refractivity contribution is 4.97. The lowest BCUT2D eigenvalue weighted by Crippen LogP contribution is -2.32. The van der Waals surface area contributed by atoms with Crippen LogP contribution in [-0.4, -0.2) is 27.3 Å². The fraction of sp³-hybridized carbons (Fsp3) is 0.667. The molecule has 13 heavy (non-hydrogen) atoms. The van der Waals surface area contributed by atoms with Crippen molar-refractivity contribution in [2.75, 3.05) is 6.61 Å². The van der Waals surface area contributed by atoms with Gasteiger partial charge in [0.1, 0.15) is 5.82 Å². The molecule has 0 radical (unpaired) electrons. The molecule has 4 nitrogen and oxygen atoms in total.